The van der Waals surface area contributed by atoms with Crippen molar-refractivity contribution in [3.05, 3.63) is 0 Å². The van der Waals surface area contributed by atoms with Crippen LogP contribution >= 0.6 is 0 Å². The summed E-state index contributed by atoms with van der Waals surface area (Å²) in [5.74, 6) is -0.924. The van der Waals surface area contributed by atoms with Gasteiger partial charge in [-0.2, -0.15) is 0 Å². The van der Waals surface area contributed by atoms with E-state index in [4.69, 9.17) is 5.11 Å². The summed E-state index contributed by atoms with van der Waals surface area (Å²) in [4.78, 5) is 19.0. The molecule has 0 heterocycles. The molecule has 0 unspecified atom stereocenters. The molecule has 0 aromatic carbocycles. The molecule has 47 valence electrons. The van der Waals surface area contributed by atoms with Crippen LogP contribution in [0.25, 0.3) is 0 Å². The minimum Gasteiger partial charge on any atom is -0.481 e. The van der Waals surface area contributed by atoms with Crippen molar-refractivity contribution < 1.29 is 31.8 Å². The van der Waals surface area contributed by atoms with Crippen LogP contribution in [0.5, 0.6) is 0 Å². The number of carboxylic acids is 1. The molecule has 0 saturated heterocycles. The number of carbonyl (C=O) groups excluding carboxylic acids is 1. The fraction of sp³-hybridized carbons (Fsp3) is 0.500. The Balaban J connectivity index is 0. The monoisotopic (exact) mass is 157 g/mol. The zero-order valence-electron chi connectivity index (χ0n) is 4.13. The van der Waals surface area contributed by atoms with E-state index in [9.17, 15) is 9.59 Å². The maximum Gasteiger partial charge on any atom is 0.303 e. The van der Waals surface area contributed by atoms with E-state index in [-0.39, 0.29) is 29.9 Å². The average molecular weight is 157 g/mol. The second-order valence-corrected chi connectivity index (χ2v) is 1.10. The minimum atomic E-state index is -0.924. The molecule has 0 aliphatic rings. The Bertz CT molecular complexity index is 81.4. The number of carboxylic acid groups (broad SMARTS) is 1. The van der Waals surface area contributed by atoms with E-state index in [0.717, 1.165) is 0 Å². The smallest absolute Gasteiger partial charge is 0.303 e. The van der Waals surface area contributed by atoms with Crippen LogP contribution in [0.1, 0.15) is 12.8 Å². The van der Waals surface area contributed by atoms with Gasteiger partial charge in [-0.05, 0) is 0 Å². The Hall–Kier alpha value is -0.341. The maximum absolute atomic E-state index is 9.60. The summed E-state index contributed by atoms with van der Waals surface area (Å²) in [6.07, 6.45) is 0.660. The number of hydrogen-bond donors (Lipinski definition) is 1. The summed E-state index contributed by atoms with van der Waals surface area (Å²) < 4.78 is 0. The summed E-state index contributed by atoms with van der Waals surface area (Å²) in [5, 5.41) is 7.89. The first-order chi connectivity index (χ1) is 3.27. The van der Waals surface area contributed by atoms with Gasteiger partial charge in [-0.25, -0.2) is 0 Å². The Labute approximate surface area is 57.5 Å². The van der Waals surface area contributed by atoms with Gasteiger partial charge in [0, 0.05) is 23.5 Å². The molecule has 8 heavy (non-hydrogen) atoms. The van der Waals surface area contributed by atoms with Crippen LogP contribution in [0, 0.1) is 0 Å². The van der Waals surface area contributed by atoms with Crippen LogP contribution in [-0.4, -0.2) is 17.4 Å². The normalized spacial score (nSPS) is 7.00. The number of hydrogen-bond acceptors (Lipinski definition) is 2. The van der Waals surface area contributed by atoms with E-state index in [1.54, 1.807) is 0 Å². The molecule has 0 aromatic rings. The first-order valence-corrected chi connectivity index (χ1v) is 1.93. The summed E-state index contributed by atoms with van der Waals surface area (Å²) in [5.41, 5.74) is 0. The first kappa shape index (κ1) is 10.6. The van der Waals surface area contributed by atoms with Crippen LogP contribution < -0.4 is 0 Å². The van der Waals surface area contributed by atoms with Crippen LogP contribution in [0.2, 0.25) is 0 Å². The molecule has 3 nitrogen and oxygen atoms in total. The van der Waals surface area contributed by atoms with Gasteiger partial charge < -0.3 is 9.90 Å². The summed E-state index contributed by atoms with van der Waals surface area (Å²) in [7, 11) is 0. The van der Waals surface area contributed by atoms with E-state index >= 15 is 0 Å². The molecule has 0 aliphatic heterocycles. The third kappa shape index (κ3) is 9.18. The van der Waals surface area contributed by atoms with Crippen molar-refractivity contribution in [2.45, 2.75) is 12.8 Å². The molecule has 0 rings (SSSR count). The van der Waals surface area contributed by atoms with E-state index in [1.165, 1.54) is 0 Å². The van der Waals surface area contributed by atoms with Crippen LogP contribution in [0.4, 0.5) is 0 Å². The van der Waals surface area contributed by atoms with Gasteiger partial charge in [0.15, 0.2) is 0 Å². The molecule has 1 radical (unpaired) electrons. The predicted octanol–water partition coefficient (Wildman–Crippen LogP) is 0.0476. The van der Waals surface area contributed by atoms with E-state index < -0.39 is 5.97 Å². The fourth-order valence-electron chi connectivity index (χ4n) is 0.182. The van der Waals surface area contributed by atoms with E-state index in [1.807, 2.05) is 0 Å². The number of aliphatic carboxylic acids is 1. The third-order valence-electron chi connectivity index (χ3n) is 0.476. The largest absolute Gasteiger partial charge is 0.481 e. The molecular formula is C4H6MnO3. The summed E-state index contributed by atoms with van der Waals surface area (Å²) in [6, 6.07) is 0. The molecule has 0 fully saturated rings. The van der Waals surface area contributed by atoms with Crippen molar-refractivity contribution in [3.8, 4) is 0 Å². The number of rotatable bonds is 3. The quantitative estimate of drug-likeness (QED) is 0.465. The van der Waals surface area contributed by atoms with Gasteiger partial charge in [-0.3, -0.25) is 4.79 Å². The number of carbonyl (C=O) groups is 2. The molecule has 0 bridgehead atoms. The van der Waals surface area contributed by atoms with Gasteiger partial charge in [-0.15, -0.1) is 0 Å². The Morgan fingerprint density at radius 1 is 1.62 bits per heavy atom. The predicted molar refractivity (Wildman–Crippen MR) is 22.9 cm³/mol. The SMILES string of the molecule is O=CCCC(=O)O.[Mn]. The van der Waals surface area contributed by atoms with Gasteiger partial charge >= 0.3 is 5.97 Å². The molecule has 0 spiro atoms. The molecule has 0 aromatic heterocycles. The van der Waals surface area contributed by atoms with Gasteiger partial charge in [0.05, 0.1) is 6.42 Å². The second kappa shape index (κ2) is 6.66. The van der Waals surface area contributed by atoms with Gasteiger partial charge in [0.25, 0.3) is 0 Å². The van der Waals surface area contributed by atoms with Crippen molar-refractivity contribution in [3.63, 3.8) is 0 Å². The van der Waals surface area contributed by atoms with Crippen LogP contribution in [0.15, 0.2) is 0 Å². The first-order valence-electron chi connectivity index (χ1n) is 1.93. The Kier molecular flexibility index (Phi) is 8.83. The number of aldehydes is 1. The van der Waals surface area contributed by atoms with Crippen molar-refractivity contribution in [1.82, 2.24) is 0 Å². The Morgan fingerprint density at radius 3 is 2.25 bits per heavy atom. The maximum atomic E-state index is 9.60. The second-order valence-electron chi connectivity index (χ2n) is 1.10. The van der Waals surface area contributed by atoms with E-state index in [2.05, 4.69) is 0 Å². The van der Waals surface area contributed by atoms with Crippen molar-refractivity contribution in [2.24, 2.45) is 0 Å². The van der Waals surface area contributed by atoms with Crippen molar-refractivity contribution in [1.29, 1.82) is 0 Å². The third-order valence-corrected chi connectivity index (χ3v) is 0.476. The molecular weight excluding hydrogens is 151 g/mol. The Morgan fingerprint density at radius 2 is 2.12 bits per heavy atom. The standard InChI is InChI=1S/C4H6O3.Mn/c5-3-1-2-4(6)7;/h3H,1-2H2,(H,6,7);. The molecule has 1 N–H and O–H groups in total. The van der Waals surface area contributed by atoms with E-state index in [0.29, 0.717) is 6.29 Å². The van der Waals surface area contributed by atoms with Crippen molar-refractivity contribution >= 4 is 12.3 Å². The van der Waals surface area contributed by atoms with Crippen LogP contribution in [-0.2, 0) is 26.7 Å². The minimum absolute atomic E-state index is 0. The summed E-state index contributed by atoms with van der Waals surface area (Å²) >= 11 is 0. The topological polar surface area (TPSA) is 54.4 Å². The van der Waals surface area contributed by atoms with Gasteiger partial charge in [-0.1, -0.05) is 0 Å². The zero-order chi connectivity index (χ0) is 5.70. The van der Waals surface area contributed by atoms with Gasteiger partial charge in [0.1, 0.15) is 6.29 Å². The molecule has 0 aliphatic carbocycles. The average Bonchev–Trinajstić information content (AvgIpc) is 1.61. The molecule has 0 atom stereocenters. The van der Waals surface area contributed by atoms with Gasteiger partial charge in [0.2, 0.25) is 0 Å². The molecule has 4 heteroatoms. The van der Waals surface area contributed by atoms with Crippen LogP contribution in [0.3, 0.4) is 0 Å². The molecule has 0 saturated carbocycles. The summed E-state index contributed by atoms with van der Waals surface area (Å²) in [6.45, 7) is 0. The molecule has 0 amide bonds. The zero-order valence-corrected chi connectivity index (χ0v) is 5.31. The van der Waals surface area contributed by atoms with Crippen molar-refractivity contribution in [2.75, 3.05) is 0 Å². The fourth-order valence-corrected chi connectivity index (χ4v) is 0.182.